The van der Waals surface area contributed by atoms with E-state index in [1.165, 1.54) is 18.0 Å². The lowest BCUT2D eigenvalue weighted by Gasteiger charge is -2.53. The quantitative estimate of drug-likeness (QED) is 0.182. The third-order valence-corrected chi connectivity index (χ3v) is 12.1. The van der Waals surface area contributed by atoms with Gasteiger partial charge in [-0.25, -0.2) is 37.5 Å². The van der Waals surface area contributed by atoms with Crippen LogP contribution in [0.1, 0.15) is 48.2 Å². The number of alkyl halides is 2. The Balaban J connectivity index is 1.52. The lowest BCUT2D eigenvalue weighted by Crippen LogP contribution is -2.54. The molecule has 3 aromatic rings. The molecule has 0 radical (unpaired) electrons. The highest BCUT2D eigenvalue weighted by molar-refractivity contribution is 8.18. The molecule has 42 heavy (non-hydrogen) atoms. The van der Waals surface area contributed by atoms with E-state index in [1.807, 2.05) is 6.92 Å². The van der Waals surface area contributed by atoms with Gasteiger partial charge >= 0.3 is 0 Å². The van der Waals surface area contributed by atoms with Crippen molar-refractivity contribution in [1.82, 2.24) is 24.8 Å². The van der Waals surface area contributed by atoms with Gasteiger partial charge in [0.15, 0.2) is 17.5 Å². The van der Waals surface area contributed by atoms with Gasteiger partial charge in [-0.3, -0.25) is 4.68 Å². The molecule has 0 spiro atoms. The number of aliphatic hydroxyl groups excluding tert-OH is 2. The van der Waals surface area contributed by atoms with E-state index in [4.69, 9.17) is 4.74 Å². The van der Waals surface area contributed by atoms with Crippen LogP contribution in [-0.4, -0.2) is 88.5 Å². The van der Waals surface area contributed by atoms with Gasteiger partial charge in [0.2, 0.25) is 5.92 Å². The minimum Gasteiger partial charge on any atom is -0.395 e. The first-order valence-electron chi connectivity index (χ1n) is 13.5. The maximum atomic E-state index is 14.2. The number of ether oxygens (including phenoxy) is 1. The summed E-state index contributed by atoms with van der Waals surface area (Å²) in [6.07, 6.45) is -0.365. The zero-order valence-corrected chi connectivity index (χ0v) is 24.2. The summed E-state index contributed by atoms with van der Waals surface area (Å²) in [5.74, 6) is -7.05. The van der Waals surface area contributed by atoms with Crippen LogP contribution in [-0.2, 0) is 11.8 Å². The molecule has 9 nitrogen and oxygen atoms in total. The summed E-state index contributed by atoms with van der Waals surface area (Å²) in [5.41, 5.74) is -0.194. The highest BCUT2D eigenvalue weighted by Gasteiger charge is 2.55. The second-order valence-electron chi connectivity index (χ2n) is 11.2. The number of methoxy groups -OCH3 is 1. The van der Waals surface area contributed by atoms with Crippen LogP contribution in [0.3, 0.4) is 0 Å². The highest BCUT2D eigenvalue weighted by Crippen LogP contribution is 2.61. The second kappa shape index (κ2) is 11.5. The summed E-state index contributed by atoms with van der Waals surface area (Å²) in [5, 5.41) is 45.1. The van der Waals surface area contributed by atoms with E-state index in [1.54, 1.807) is 17.9 Å². The fourth-order valence-corrected chi connectivity index (χ4v) is 10.4. The number of nitrogens with zero attached hydrogens (tertiary/aromatic N) is 5. The summed E-state index contributed by atoms with van der Waals surface area (Å²) < 4.78 is 78.3. The largest absolute Gasteiger partial charge is 0.395 e. The Bertz CT molecular complexity index is 1390. The van der Waals surface area contributed by atoms with Crippen LogP contribution in [0.5, 0.6) is 0 Å². The Hall–Kier alpha value is -2.59. The van der Waals surface area contributed by atoms with Crippen LogP contribution in [0.2, 0.25) is 0 Å². The molecule has 2 aromatic heterocycles. The van der Waals surface area contributed by atoms with Crippen molar-refractivity contribution >= 4 is 10.9 Å². The number of thiol groups is 1. The second-order valence-corrected chi connectivity index (χ2v) is 13.8. The average Bonchev–Trinajstić information content (AvgIpc) is 3.56. The maximum Gasteiger partial charge on any atom is 0.248 e. The standard InChI is InChI=1S/C27H34F5N5O4S/c1-14-10-33-36(2)22(14)25(26(40)4-6-27(31,32)7-5-26)42-13-19(41-3)23(24(39)20(42)12-38)37-11-18(34-35-37)15-8-16(28)21(30)17(29)9-15/h8-11,19-20,23-25,38-40,42H,4-7,12-13H2,1-3H3/t19-,20+,23+,24-,25+/m0/s1. The third kappa shape index (κ3) is 5.45. The van der Waals surface area contributed by atoms with Crippen LogP contribution in [0.4, 0.5) is 22.0 Å². The predicted octanol–water partition coefficient (Wildman–Crippen LogP) is 3.38. The fourth-order valence-electron chi connectivity index (χ4n) is 6.40. The lowest BCUT2D eigenvalue weighted by molar-refractivity contribution is -0.105. The number of aryl methyl sites for hydroxylation is 2. The summed E-state index contributed by atoms with van der Waals surface area (Å²) in [4.78, 5) is 0. The van der Waals surface area contributed by atoms with Gasteiger partial charge in [0.1, 0.15) is 11.7 Å². The summed E-state index contributed by atoms with van der Waals surface area (Å²) in [7, 11) is 1.62. The number of hydrogen-bond acceptors (Lipinski definition) is 7. The van der Waals surface area contributed by atoms with Gasteiger partial charge in [0.05, 0.1) is 47.8 Å². The van der Waals surface area contributed by atoms with Crippen molar-refractivity contribution in [3.8, 4) is 11.3 Å². The minimum absolute atomic E-state index is 0.0177. The molecule has 1 saturated carbocycles. The van der Waals surface area contributed by atoms with Crippen molar-refractivity contribution in [2.24, 2.45) is 7.05 Å². The van der Waals surface area contributed by atoms with E-state index in [2.05, 4.69) is 15.4 Å². The Morgan fingerprint density at radius 1 is 1.14 bits per heavy atom. The van der Waals surface area contributed by atoms with Gasteiger partial charge < -0.3 is 20.1 Å². The molecule has 3 N–H and O–H groups in total. The van der Waals surface area contributed by atoms with Crippen LogP contribution in [0.15, 0.2) is 24.5 Å². The number of hydrogen-bond donors (Lipinski definition) is 4. The Morgan fingerprint density at radius 3 is 2.33 bits per heavy atom. The van der Waals surface area contributed by atoms with Gasteiger partial charge in [0, 0.05) is 43.6 Å². The van der Waals surface area contributed by atoms with E-state index in [-0.39, 0.29) is 29.9 Å². The molecule has 232 valence electrons. The molecule has 6 atom stereocenters. The third-order valence-electron chi connectivity index (χ3n) is 8.65. The smallest absolute Gasteiger partial charge is 0.248 e. The predicted molar refractivity (Wildman–Crippen MR) is 145 cm³/mol. The van der Waals surface area contributed by atoms with Crippen LogP contribution in [0.25, 0.3) is 11.3 Å². The van der Waals surface area contributed by atoms with Gasteiger partial charge in [-0.1, -0.05) is 5.21 Å². The maximum absolute atomic E-state index is 14.2. The van der Waals surface area contributed by atoms with Crippen molar-refractivity contribution in [1.29, 1.82) is 0 Å². The first-order valence-corrected chi connectivity index (χ1v) is 15.2. The molecular formula is C27H34F5N5O4S. The Morgan fingerprint density at radius 2 is 1.79 bits per heavy atom. The number of aliphatic hydroxyl groups is 3. The van der Waals surface area contributed by atoms with Gasteiger partial charge in [0.25, 0.3) is 0 Å². The number of aromatic nitrogens is 5. The molecule has 1 aliphatic heterocycles. The van der Waals surface area contributed by atoms with Crippen LogP contribution < -0.4 is 0 Å². The van der Waals surface area contributed by atoms with Crippen LogP contribution in [0, 0.1) is 24.4 Å². The van der Waals surface area contributed by atoms with Gasteiger partial charge in [-0.15, -0.1) is 5.10 Å². The summed E-state index contributed by atoms with van der Waals surface area (Å²) >= 11 is 0. The molecule has 1 saturated heterocycles. The number of halogens is 5. The van der Waals surface area contributed by atoms with E-state index in [0.29, 0.717) is 5.69 Å². The molecular weight excluding hydrogens is 585 g/mol. The zero-order valence-electron chi connectivity index (χ0n) is 23.3. The molecule has 0 bridgehead atoms. The molecule has 1 aromatic carbocycles. The van der Waals surface area contributed by atoms with Crippen LogP contribution >= 0.6 is 10.9 Å². The Labute approximate surface area is 241 Å². The van der Waals surface area contributed by atoms with Crippen molar-refractivity contribution in [2.45, 2.75) is 72.9 Å². The van der Waals surface area contributed by atoms with Crippen molar-refractivity contribution in [2.75, 3.05) is 19.5 Å². The lowest BCUT2D eigenvalue weighted by atomic mass is 9.79. The van der Waals surface area contributed by atoms with Crippen molar-refractivity contribution < 1.29 is 42.0 Å². The van der Waals surface area contributed by atoms with E-state index in [0.717, 1.165) is 17.7 Å². The molecule has 2 fully saturated rings. The molecule has 1 aliphatic carbocycles. The molecule has 1 unspecified atom stereocenters. The summed E-state index contributed by atoms with van der Waals surface area (Å²) in [6, 6.07) is 0.659. The number of rotatable bonds is 7. The highest BCUT2D eigenvalue weighted by atomic mass is 32.2. The average molecular weight is 620 g/mol. The summed E-state index contributed by atoms with van der Waals surface area (Å²) in [6.45, 7) is 1.34. The van der Waals surface area contributed by atoms with Gasteiger partial charge in [-0.05, 0) is 37.5 Å². The van der Waals surface area contributed by atoms with Crippen molar-refractivity contribution in [3.05, 3.63) is 53.2 Å². The fraction of sp³-hybridized carbons (Fsp3) is 0.593. The van der Waals surface area contributed by atoms with E-state index >= 15 is 0 Å². The first-order chi connectivity index (χ1) is 19.8. The number of benzene rings is 1. The molecule has 2 aliphatic rings. The first kappa shape index (κ1) is 30.9. The minimum atomic E-state index is -2.89. The molecule has 3 heterocycles. The molecule has 5 rings (SSSR count). The normalized spacial score (nSPS) is 29.0. The zero-order chi connectivity index (χ0) is 30.6. The molecule has 15 heteroatoms. The van der Waals surface area contributed by atoms with Gasteiger partial charge in [-0.2, -0.15) is 5.10 Å². The Kier molecular flexibility index (Phi) is 8.44. The molecule has 0 amide bonds. The van der Waals surface area contributed by atoms with Crippen molar-refractivity contribution in [3.63, 3.8) is 0 Å². The topological polar surface area (TPSA) is 118 Å². The monoisotopic (exact) mass is 619 g/mol. The SMILES string of the molecule is CO[C@H]1C[SH]([C@H](c2c(C)cnn2C)C2(O)CCC(F)(F)CC2)[C@H](CO)[C@H](O)[C@@H]1n1cc(-c2cc(F)c(F)c(F)c2)nn1. The van der Waals surface area contributed by atoms with E-state index < -0.39 is 88.1 Å². The van der Waals surface area contributed by atoms with E-state index in [9.17, 15) is 37.3 Å².